The van der Waals surface area contributed by atoms with Gasteiger partial charge in [-0.2, -0.15) is 0 Å². The summed E-state index contributed by atoms with van der Waals surface area (Å²) >= 11 is 1.43. The van der Waals surface area contributed by atoms with Crippen LogP contribution in [0.4, 0.5) is 5.13 Å². The summed E-state index contributed by atoms with van der Waals surface area (Å²) in [6.07, 6.45) is 2.05. The monoisotopic (exact) mass is 340 g/mol. The number of halogens is 1. The molecule has 1 amide bonds. The van der Waals surface area contributed by atoms with Crippen molar-refractivity contribution in [2.75, 3.05) is 18.9 Å². The lowest BCUT2D eigenvalue weighted by Crippen LogP contribution is -2.15. The third kappa shape index (κ3) is 6.09. The smallest absolute Gasteiger partial charge is 0.226 e. The third-order valence-corrected chi connectivity index (χ3v) is 3.86. The molecule has 2 rings (SSSR count). The minimum atomic E-state index is -0.0108. The van der Waals surface area contributed by atoms with E-state index in [2.05, 4.69) is 52.0 Å². The van der Waals surface area contributed by atoms with Gasteiger partial charge < -0.3 is 10.6 Å². The summed E-state index contributed by atoms with van der Waals surface area (Å²) in [6, 6.07) is 8.35. The summed E-state index contributed by atoms with van der Waals surface area (Å²) in [5.74, 6) is -0.0108. The van der Waals surface area contributed by atoms with Crippen molar-refractivity contribution >= 4 is 34.8 Å². The van der Waals surface area contributed by atoms with E-state index in [0.29, 0.717) is 11.6 Å². The van der Waals surface area contributed by atoms with E-state index < -0.39 is 0 Å². The van der Waals surface area contributed by atoms with E-state index in [4.69, 9.17) is 0 Å². The van der Waals surface area contributed by atoms with Crippen molar-refractivity contribution in [3.05, 3.63) is 40.4 Å². The largest absolute Gasteiger partial charge is 0.320 e. The Morgan fingerprint density at radius 3 is 2.64 bits per heavy atom. The normalized spacial score (nSPS) is 10.1. The van der Waals surface area contributed by atoms with Gasteiger partial charge >= 0.3 is 0 Å². The van der Waals surface area contributed by atoms with Crippen molar-refractivity contribution in [1.82, 2.24) is 15.5 Å². The summed E-state index contributed by atoms with van der Waals surface area (Å²) in [5.41, 5.74) is 2.44. The third-order valence-electron chi connectivity index (χ3n) is 3.02. The highest BCUT2D eigenvalue weighted by Crippen LogP contribution is 2.19. The maximum absolute atomic E-state index is 11.7. The fraction of sp³-hybridized carbons (Fsp3) is 0.400. The van der Waals surface area contributed by atoms with Crippen LogP contribution >= 0.6 is 23.7 Å². The average Bonchev–Trinajstić information content (AvgIpc) is 2.89. The molecule has 120 valence electrons. The van der Waals surface area contributed by atoms with Crippen molar-refractivity contribution in [3.8, 4) is 0 Å². The first kappa shape index (κ1) is 18.5. The molecule has 0 fully saturated rings. The summed E-state index contributed by atoms with van der Waals surface area (Å²) in [4.78, 5) is 11.7. The van der Waals surface area contributed by atoms with Crippen molar-refractivity contribution in [2.45, 2.75) is 26.2 Å². The molecule has 1 aromatic carbocycles. The molecule has 0 aliphatic carbocycles. The fourth-order valence-electron chi connectivity index (χ4n) is 1.86. The number of rotatable bonds is 7. The second-order valence-electron chi connectivity index (χ2n) is 4.92. The standard InChI is InChI=1S/C15H20N4OS.ClH/c1-11-5-7-12(8-6-11)10-14-18-19-15(21-14)17-13(20)4-3-9-16-2;/h5-8,16H,3-4,9-10H2,1-2H3,(H,17,19,20);1H. The molecular formula is C15H21ClN4OS. The molecule has 0 aliphatic heterocycles. The Labute approximate surface area is 141 Å². The Morgan fingerprint density at radius 1 is 1.23 bits per heavy atom. The van der Waals surface area contributed by atoms with Gasteiger partial charge in [-0.15, -0.1) is 22.6 Å². The van der Waals surface area contributed by atoms with E-state index in [1.165, 1.54) is 22.5 Å². The molecular weight excluding hydrogens is 320 g/mol. The Hall–Kier alpha value is -1.50. The Bertz CT molecular complexity index is 585. The van der Waals surface area contributed by atoms with Crippen molar-refractivity contribution in [1.29, 1.82) is 0 Å². The Kier molecular flexibility index (Phi) is 8.01. The highest BCUT2D eigenvalue weighted by molar-refractivity contribution is 7.15. The minimum Gasteiger partial charge on any atom is -0.320 e. The molecule has 7 heteroatoms. The van der Waals surface area contributed by atoms with Crippen LogP contribution in [0, 0.1) is 6.92 Å². The van der Waals surface area contributed by atoms with E-state index in [9.17, 15) is 4.79 Å². The molecule has 0 saturated heterocycles. The number of carbonyl (C=O) groups excluding carboxylic acids is 1. The molecule has 0 spiro atoms. The number of aromatic nitrogens is 2. The zero-order chi connectivity index (χ0) is 15.1. The molecule has 2 aromatic rings. The number of benzene rings is 1. The highest BCUT2D eigenvalue weighted by Gasteiger charge is 2.08. The van der Waals surface area contributed by atoms with Gasteiger partial charge in [0.15, 0.2) is 0 Å². The average molecular weight is 341 g/mol. The quantitative estimate of drug-likeness (QED) is 0.760. The van der Waals surface area contributed by atoms with Gasteiger partial charge in [-0.3, -0.25) is 4.79 Å². The van der Waals surface area contributed by atoms with Crippen LogP contribution in [-0.4, -0.2) is 29.7 Å². The van der Waals surface area contributed by atoms with Crippen LogP contribution in [0.3, 0.4) is 0 Å². The van der Waals surface area contributed by atoms with Crippen molar-refractivity contribution < 1.29 is 4.79 Å². The van der Waals surface area contributed by atoms with E-state index in [1.807, 2.05) is 7.05 Å². The SMILES string of the molecule is CNCCCC(=O)Nc1nnc(Cc2ccc(C)cc2)s1.Cl. The first-order valence-electron chi connectivity index (χ1n) is 7.00. The van der Waals surface area contributed by atoms with Crippen LogP contribution < -0.4 is 10.6 Å². The van der Waals surface area contributed by atoms with Gasteiger partial charge in [0.2, 0.25) is 11.0 Å². The molecule has 0 bridgehead atoms. The van der Waals surface area contributed by atoms with Crippen LogP contribution in [0.2, 0.25) is 0 Å². The molecule has 0 atom stereocenters. The van der Waals surface area contributed by atoms with Crippen LogP contribution in [-0.2, 0) is 11.2 Å². The maximum atomic E-state index is 11.7. The topological polar surface area (TPSA) is 66.9 Å². The lowest BCUT2D eigenvalue weighted by molar-refractivity contribution is -0.116. The summed E-state index contributed by atoms with van der Waals surface area (Å²) in [7, 11) is 1.88. The number of hydrogen-bond donors (Lipinski definition) is 2. The van der Waals surface area contributed by atoms with Gasteiger partial charge in [0.05, 0.1) is 0 Å². The van der Waals surface area contributed by atoms with Gasteiger partial charge in [-0.05, 0) is 32.5 Å². The Balaban J connectivity index is 0.00000242. The number of amides is 1. The lowest BCUT2D eigenvalue weighted by atomic mass is 10.1. The minimum absolute atomic E-state index is 0. The van der Waals surface area contributed by atoms with Crippen LogP contribution in [0.15, 0.2) is 24.3 Å². The predicted octanol–water partition coefficient (Wildman–Crippen LogP) is 2.80. The zero-order valence-corrected chi connectivity index (χ0v) is 14.4. The zero-order valence-electron chi connectivity index (χ0n) is 12.8. The first-order valence-corrected chi connectivity index (χ1v) is 7.81. The highest BCUT2D eigenvalue weighted by atomic mass is 35.5. The van der Waals surface area contributed by atoms with Gasteiger partial charge in [-0.1, -0.05) is 41.2 Å². The number of aryl methyl sites for hydroxylation is 1. The molecule has 2 N–H and O–H groups in total. The number of nitrogens with one attached hydrogen (secondary N) is 2. The lowest BCUT2D eigenvalue weighted by Gasteiger charge is -2.00. The van der Waals surface area contributed by atoms with Gasteiger partial charge in [-0.25, -0.2) is 0 Å². The van der Waals surface area contributed by atoms with Crippen LogP contribution in [0.25, 0.3) is 0 Å². The molecule has 0 unspecified atom stereocenters. The van der Waals surface area contributed by atoms with E-state index in [1.54, 1.807) is 0 Å². The number of anilines is 1. The maximum Gasteiger partial charge on any atom is 0.226 e. The first-order chi connectivity index (χ1) is 10.2. The fourth-order valence-corrected chi connectivity index (χ4v) is 2.65. The molecule has 22 heavy (non-hydrogen) atoms. The van der Waals surface area contributed by atoms with Gasteiger partial charge in [0.25, 0.3) is 0 Å². The van der Waals surface area contributed by atoms with Crippen LogP contribution in [0.1, 0.15) is 29.0 Å². The molecule has 1 heterocycles. The molecule has 0 radical (unpaired) electrons. The van der Waals surface area contributed by atoms with E-state index in [0.717, 1.165) is 24.4 Å². The molecule has 1 aromatic heterocycles. The number of nitrogens with zero attached hydrogens (tertiary/aromatic N) is 2. The van der Waals surface area contributed by atoms with Gasteiger partial charge in [0.1, 0.15) is 5.01 Å². The molecule has 0 aliphatic rings. The van der Waals surface area contributed by atoms with Crippen molar-refractivity contribution in [3.63, 3.8) is 0 Å². The van der Waals surface area contributed by atoms with Gasteiger partial charge in [0, 0.05) is 12.8 Å². The number of hydrogen-bond acceptors (Lipinski definition) is 5. The second kappa shape index (κ2) is 9.50. The summed E-state index contributed by atoms with van der Waals surface area (Å²) in [5, 5.41) is 15.4. The van der Waals surface area contributed by atoms with E-state index in [-0.39, 0.29) is 18.3 Å². The van der Waals surface area contributed by atoms with Crippen molar-refractivity contribution in [2.24, 2.45) is 0 Å². The summed E-state index contributed by atoms with van der Waals surface area (Å²) in [6.45, 7) is 2.90. The molecule has 0 saturated carbocycles. The number of carbonyl (C=O) groups is 1. The second-order valence-corrected chi connectivity index (χ2v) is 5.98. The molecule has 5 nitrogen and oxygen atoms in total. The van der Waals surface area contributed by atoms with Crippen LogP contribution in [0.5, 0.6) is 0 Å². The Morgan fingerprint density at radius 2 is 1.95 bits per heavy atom. The summed E-state index contributed by atoms with van der Waals surface area (Å²) < 4.78 is 0. The van der Waals surface area contributed by atoms with E-state index >= 15 is 0 Å². The predicted molar refractivity (Wildman–Crippen MR) is 92.9 cm³/mol.